The fourth-order valence-electron chi connectivity index (χ4n) is 8.55. The van der Waals surface area contributed by atoms with Gasteiger partial charge in [0, 0.05) is 27.9 Å². The number of fused-ring (bicyclic) bond motifs is 4. The van der Waals surface area contributed by atoms with E-state index in [2.05, 4.69) is 191 Å². The van der Waals surface area contributed by atoms with E-state index in [0.29, 0.717) is 0 Å². The van der Waals surface area contributed by atoms with Crippen molar-refractivity contribution >= 4 is 39.8 Å². The van der Waals surface area contributed by atoms with E-state index >= 15 is 0 Å². The minimum atomic E-state index is -0.199. The van der Waals surface area contributed by atoms with Crippen LogP contribution in [0.3, 0.4) is 0 Å². The molecular formula is C52H48ClN. The zero-order valence-electron chi connectivity index (χ0n) is 32.0. The summed E-state index contributed by atoms with van der Waals surface area (Å²) in [7, 11) is 0. The van der Waals surface area contributed by atoms with E-state index in [1.807, 2.05) is 13.0 Å². The molecule has 54 heavy (non-hydrogen) atoms. The standard InChI is InChI=1S/C52H48ClN/c1-35(53)15-14-20-41-34-51(3,4)48-33-47-45-30-29-44(31-49(45)52(5,6)50(47)32-46(48)36(41)2)54(43-27-23-40(24-28-43)38-18-12-9-13-19-38)42-25-21-39(22-26-42)37-16-10-7-8-11-17-37/h7-16,18-33,35H,2,17,34H2,1,3-6H3/b15-14-,41-20-. The molecule has 2 heteroatoms. The Morgan fingerprint density at radius 2 is 1.30 bits per heavy atom. The van der Waals surface area contributed by atoms with Crippen molar-refractivity contribution in [1.29, 1.82) is 0 Å². The van der Waals surface area contributed by atoms with Crippen molar-refractivity contribution in [1.82, 2.24) is 0 Å². The first-order valence-corrected chi connectivity index (χ1v) is 19.6. The van der Waals surface area contributed by atoms with E-state index in [4.69, 9.17) is 11.6 Å². The molecule has 268 valence electrons. The Morgan fingerprint density at radius 3 is 2.00 bits per heavy atom. The van der Waals surface area contributed by atoms with Crippen molar-refractivity contribution < 1.29 is 0 Å². The average Bonchev–Trinajstić information content (AvgIpc) is 3.33. The molecule has 3 aliphatic rings. The molecule has 0 amide bonds. The second kappa shape index (κ2) is 14.1. The van der Waals surface area contributed by atoms with Gasteiger partial charge in [0.25, 0.3) is 0 Å². The Bertz CT molecular complexity index is 2390. The van der Waals surface area contributed by atoms with Crippen molar-refractivity contribution in [2.75, 3.05) is 4.90 Å². The first kappa shape index (κ1) is 35.6. The monoisotopic (exact) mass is 721 g/mol. The predicted molar refractivity (Wildman–Crippen MR) is 234 cm³/mol. The van der Waals surface area contributed by atoms with Gasteiger partial charge in [0.15, 0.2) is 0 Å². The second-order valence-electron chi connectivity index (χ2n) is 16.1. The summed E-state index contributed by atoms with van der Waals surface area (Å²) in [6.07, 6.45) is 19.0. The fourth-order valence-corrected chi connectivity index (χ4v) is 8.63. The molecule has 3 aliphatic carbocycles. The predicted octanol–water partition coefficient (Wildman–Crippen LogP) is 14.8. The molecule has 0 saturated carbocycles. The fraction of sp³-hybridized carbons (Fsp3) is 0.192. The summed E-state index contributed by atoms with van der Waals surface area (Å²) in [4.78, 5) is 2.40. The molecule has 0 saturated heterocycles. The zero-order valence-corrected chi connectivity index (χ0v) is 32.8. The number of nitrogens with zero attached hydrogens (tertiary/aromatic N) is 1. The summed E-state index contributed by atoms with van der Waals surface area (Å²) in [6, 6.07) is 40.7. The molecule has 0 aliphatic heterocycles. The number of halogens is 1. The van der Waals surface area contributed by atoms with Crippen molar-refractivity contribution in [3.05, 3.63) is 198 Å². The molecule has 1 unspecified atom stereocenters. The Hall–Kier alpha value is -5.37. The van der Waals surface area contributed by atoms with Crippen LogP contribution in [0.25, 0.3) is 33.4 Å². The van der Waals surface area contributed by atoms with Crippen molar-refractivity contribution in [2.24, 2.45) is 0 Å². The van der Waals surface area contributed by atoms with Crippen LogP contribution in [-0.2, 0) is 10.8 Å². The number of rotatable bonds is 7. The largest absolute Gasteiger partial charge is 0.310 e. The maximum Gasteiger partial charge on any atom is 0.0490 e. The molecule has 0 fully saturated rings. The van der Waals surface area contributed by atoms with Gasteiger partial charge in [-0.05, 0) is 141 Å². The quantitative estimate of drug-likeness (QED) is 0.151. The minimum Gasteiger partial charge on any atom is -0.310 e. The number of anilines is 3. The summed E-state index contributed by atoms with van der Waals surface area (Å²) in [6.45, 7) is 16.1. The van der Waals surface area contributed by atoms with Crippen LogP contribution < -0.4 is 4.90 Å². The minimum absolute atomic E-state index is 0.00504. The Balaban J connectivity index is 1.21. The average molecular weight is 722 g/mol. The van der Waals surface area contributed by atoms with Crippen LogP contribution in [0.2, 0.25) is 0 Å². The van der Waals surface area contributed by atoms with Crippen LogP contribution in [0.5, 0.6) is 0 Å². The van der Waals surface area contributed by atoms with Crippen LogP contribution in [-0.4, -0.2) is 5.38 Å². The zero-order chi connectivity index (χ0) is 37.6. The van der Waals surface area contributed by atoms with Crippen LogP contribution in [0.4, 0.5) is 17.1 Å². The lowest BCUT2D eigenvalue weighted by Gasteiger charge is -2.37. The molecule has 1 atom stereocenters. The first-order valence-electron chi connectivity index (χ1n) is 19.1. The smallest absolute Gasteiger partial charge is 0.0490 e. The molecule has 5 aromatic carbocycles. The Kier molecular flexibility index (Phi) is 9.32. The van der Waals surface area contributed by atoms with Gasteiger partial charge in [0.2, 0.25) is 0 Å². The van der Waals surface area contributed by atoms with E-state index in [1.165, 1.54) is 61.2 Å². The number of alkyl halides is 1. The molecule has 8 rings (SSSR count). The van der Waals surface area contributed by atoms with E-state index in [1.54, 1.807) is 0 Å². The molecule has 5 aromatic rings. The van der Waals surface area contributed by atoms with E-state index in [-0.39, 0.29) is 16.2 Å². The highest BCUT2D eigenvalue weighted by atomic mass is 35.5. The van der Waals surface area contributed by atoms with Gasteiger partial charge in [0.1, 0.15) is 0 Å². The van der Waals surface area contributed by atoms with Gasteiger partial charge in [-0.25, -0.2) is 0 Å². The third-order valence-corrected chi connectivity index (χ3v) is 11.7. The highest BCUT2D eigenvalue weighted by Crippen LogP contribution is 2.55. The topological polar surface area (TPSA) is 3.24 Å². The Labute approximate surface area is 327 Å². The number of hydrogen-bond acceptors (Lipinski definition) is 1. The van der Waals surface area contributed by atoms with Gasteiger partial charge in [-0.15, -0.1) is 11.6 Å². The molecular weight excluding hydrogens is 674 g/mol. The van der Waals surface area contributed by atoms with Crippen LogP contribution in [0, 0.1) is 0 Å². The molecule has 0 radical (unpaired) electrons. The summed E-state index contributed by atoms with van der Waals surface area (Å²) < 4.78 is 0. The lowest BCUT2D eigenvalue weighted by molar-refractivity contribution is 0.515. The van der Waals surface area contributed by atoms with Crippen LogP contribution in [0.15, 0.2) is 170 Å². The molecule has 0 spiro atoms. The van der Waals surface area contributed by atoms with Crippen LogP contribution >= 0.6 is 11.6 Å². The van der Waals surface area contributed by atoms with Gasteiger partial charge in [-0.2, -0.15) is 0 Å². The highest BCUT2D eigenvalue weighted by Gasteiger charge is 2.40. The summed E-state index contributed by atoms with van der Waals surface area (Å²) in [5.41, 5.74) is 18.6. The van der Waals surface area contributed by atoms with Crippen molar-refractivity contribution in [3.63, 3.8) is 0 Å². The summed E-state index contributed by atoms with van der Waals surface area (Å²) in [5, 5.41) is -0.00504. The van der Waals surface area contributed by atoms with Gasteiger partial charge in [-0.1, -0.05) is 144 Å². The van der Waals surface area contributed by atoms with Crippen LogP contribution in [0.1, 0.15) is 75.3 Å². The van der Waals surface area contributed by atoms with Gasteiger partial charge < -0.3 is 4.90 Å². The summed E-state index contributed by atoms with van der Waals surface area (Å²) in [5.74, 6) is 0. The lowest BCUT2D eigenvalue weighted by atomic mass is 9.67. The van der Waals surface area contributed by atoms with E-state index in [0.717, 1.165) is 35.5 Å². The van der Waals surface area contributed by atoms with E-state index in [9.17, 15) is 0 Å². The Morgan fingerprint density at radius 1 is 0.667 bits per heavy atom. The summed E-state index contributed by atoms with van der Waals surface area (Å²) >= 11 is 6.23. The van der Waals surface area contributed by atoms with Gasteiger partial charge in [-0.3, -0.25) is 0 Å². The lowest BCUT2D eigenvalue weighted by Crippen LogP contribution is -2.25. The number of allylic oxidation sites excluding steroid dienone is 11. The normalized spacial score (nSPS) is 17.9. The third-order valence-electron chi connectivity index (χ3n) is 11.5. The van der Waals surface area contributed by atoms with Crippen molar-refractivity contribution in [3.8, 4) is 22.3 Å². The maximum absolute atomic E-state index is 6.23. The molecule has 1 nitrogen and oxygen atoms in total. The second-order valence-corrected chi connectivity index (χ2v) is 16.8. The molecule has 0 bridgehead atoms. The maximum atomic E-state index is 6.23. The van der Waals surface area contributed by atoms with E-state index < -0.39 is 0 Å². The molecule has 0 aromatic heterocycles. The highest BCUT2D eigenvalue weighted by molar-refractivity contribution is 6.21. The number of hydrogen-bond donors (Lipinski definition) is 0. The first-order chi connectivity index (χ1) is 26.0. The molecule has 0 heterocycles. The third kappa shape index (κ3) is 6.56. The molecule has 0 N–H and O–H groups in total. The van der Waals surface area contributed by atoms with Crippen molar-refractivity contribution in [2.45, 2.75) is 63.7 Å². The van der Waals surface area contributed by atoms with Gasteiger partial charge >= 0.3 is 0 Å². The number of benzene rings is 5. The SMILES string of the molecule is C=C1/C(=C\C=C/C(C)Cl)CC(C)(C)c2cc3c(cc21)C(C)(C)c1cc(N(c2ccc(C4=CC=CC=CC4)cc2)c2ccc(-c4ccccc4)cc2)ccc1-3. The van der Waals surface area contributed by atoms with Gasteiger partial charge in [0.05, 0.1) is 0 Å².